The molecule has 0 aromatic carbocycles. The van der Waals surface area contributed by atoms with E-state index in [9.17, 15) is 14.4 Å². The highest BCUT2D eigenvalue weighted by atomic mass is 32.1. The van der Waals surface area contributed by atoms with Gasteiger partial charge in [-0.25, -0.2) is 0 Å². The predicted molar refractivity (Wildman–Crippen MR) is 67.2 cm³/mol. The van der Waals surface area contributed by atoms with Gasteiger partial charge in [-0.1, -0.05) is 16.6 Å². The molecular formula is C10H8N6O4S. The van der Waals surface area contributed by atoms with E-state index in [4.69, 9.17) is 5.11 Å². The first kappa shape index (κ1) is 13.3. The molecule has 21 heavy (non-hydrogen) atoms. The topological polar surface area (TPSA) is 131 Å². The van der Waals surface area contributed by atoms with Crippen LogP contribution in [0.1, 0.15) is 32.4 Å². The maximum Gasteiger partial charge on any atom is 0.305 e. The standard InChI is InChI=1S/C10H8N6O4S/c1-4-11-13-10(21-4)16-7-6(12-14-16)8(19)15(9(7)20)3-2-5(17)18/h2-3H2,1H3,(H,17,18). The second-order valence-corrected chi connectivity index (χ2v) is 5.37. The van der Waals surface area contributed by atoms with Crippen molar-refractivity contribution in [1.82, 2.24) is 30.1 Å². The molecule has 0 fully saturated rings. The quantitative estimate of drug-likeness (QED) is 0.748. The van der Waals surface area contributed by atoms with Gasteiger partial charge in [0.2, 0.25) is 5.13 Å². The minimum Gasteiger partial charge on any atom is -0.481 e. The summed E-state index contributed by atoms with van der Waals surface area (Å²) in [5.74, 6) is -2.38. The van der Waals surface area contributed by atoms with Crippen LogP contribution in [-0.2, 0) is 4.79 Å². The van der Waals surface area contributed by atoms with Gasteiger partial charge in [-0.15, -0.1) is 15.3 Å². The molecule has 0 spiro atoms. The molecule has 2 amide bonds. The Bertz CT molecular complexity index is 765. The molecule has 3 heterocycles. The first-order valence-corrected chi connectivity index (χ1v) is 6.65. The fourth-order valence-electron chi connectivity index (χ4n) is 1.88. The highest BCUT2D eigenvalue weighted by molar-refractivity contribution is 7.13. The minimum absolute atomic E-state index is 0.0125. The lowest BCUT2D eigenvalue weighted by Crippen LogP contribution is -2.33. The number of carboxylic acids is 1. The third kappa shape index (κ3) is 2.07. The molecule has 1 N–H and O–H groups in total. The van der Waals surface area contributed by atoms with Gasteiger partial charge in [0.25, 0.3) is 11.8 Å². The first-order valence-electron chi connectivity index (χ1n) is 5.83. The van der Waals surface area contributed by atoms with Crippen LogP contribution < -0.4 is 0 Å². The Kier molecular flexibility index (Phi) is 2.97. The molecule has 0 saturated heterocycles. The number of carbonyl (C=O) groups excluding carboxylic acids is 2. The fourth-order valence-corrected chi connectivity index (χ4v) is 2.52. The van der Waals surface area contributed by atoms with Gasteiger partial charge in [0, 0.05) is 6.54 Å². The second kappa shape index (κ2) is 4.70. The summed E-state index contributed by atoms with van der Waals surface area (Å²) in [6.07, 6.45) is -0.326. The third-order valence-corrected chi connectivity index (χ3v) is 3.63. The molecule has 2 aromatic rings. The zero-order valence-corrected chi connectivity index (χ0v) is 11.5. The van der Waals surface area contributed by atoms with E-state index in [0.29, 0.717) is 10.1 Å². The van der Waals surface area contributed by atoms with Crippen molar-refractivity contribution >= 4 is 29.1 Å². The van der Waals surface area contributed by atoms with Crippen LogP contribution in [0.15, 0.2) is 0 Å². The highest BCUT2D eigenvalue weighted by Crippen LogP contribution is 2.24. The van der Waals surface area contributed by atoms with Gasteiger partial charge >= 0.3 is 5.97 Å². The van der Waals surface area contributed by atoms with Crippen LogP contribution in [0, 0.1) is 6.92 Å². The molecule has 0 bridgehead atoms. The van der Waals surface area contributed by atoms with Crippen LogP contribution in [0.4, 0.5) is 0 Å². The van der Waals surface area contributed by atoms with E-state index in [2.05, 4.69) is 20.5 Å². The van der Waals surface area contributed by atoms with Gasteiger partial charge in [0.15, 0.2) is 11.4 Å². The molecule has 0 atom stereocenters. The van der Waals surface area contributed by atoms with Crippen molar-refractivity contribution in [2.24, 2.45) is 0 Å². The molecule has 10 nitrogen and oxygen atoms in total. The van der Waals surface area contributed by atoms with E-state index in [-0.39, 0.29) is 24.4 Å². The van der Waals surface area contributed by atoms with Gasteiger partial charge in [-0.05, 0) is 6.92 Å². The van der Waals surface area contributed by atoms with Gasteiger partial charge in [0.05, 0.1) is 6.42 Å². The third-order valence-electron chi connectivity index (χ3n) is 2.81. The van der Waals surface area contributed by atoms with Crippen LogP contribution in [0.25, 0.3) is 5.13 Å². The van der Waals surface area contributed by atoms with Crippen LogP contribution >= 0.6 is 11.3 Å². The van der Waals surface area contributed by atoms with Crippen molar-refractivity contribution in [3.63, 3.8) is 0 Å². The summed E-state index contributed by atoms with van der Waals surface area (Å²) in [6.45, 7) is 1.53. The van der Waals surface area contributed by atoms with Crippen molar-refractivity contribution < 1.29 is 19.5 Å². The first-order chi connectivity index (χ1) is 9.99. The van der Waals surface area contributed by atoms with Gasteiger partial charge < -0.3 is 5.11 Å². The molecular weight excluding hydrogens is 300 g/mol. The van der Waals surface area contributed by atoms with E-state index in [1.54, 1.807) is 6.92 Å². The average Bonchev–Trinajstić information content (AvgIpc) is 3.07. The summed E-state index contributed by atoms with van der Waals surface area (Å²) in [4.78, 5) is 35.7. The van der Waals surface area contributed by atoms with Crippen LogP contribution in [0.5, 0.6) is 0 Å². The van der Waals surface area contributed by atoms with E-state index < -0.39 is 17.8 Å². The number of carboxylic acid groups (broad SMARTS) is 1. The number of fused-ring (bicyclic) bond motifs is 1. The molecule has 0 saturated carbocycles. The Balaban J connectivity index is 1.97. The van der Waals surface area contributed by atoms with Crippen LogP contribution in [0.3, 0.4) is 0 Å². The van der Waals surface area contributed by atoms with E-state index in [1.807, 2.05) is 0 Å². The van der Waals surface area contributed by atoms with Crippen LogP contribution in [0.2, 0.25) is 0 Å². The molecule has 1 aliphatic heterocycles. The SMILES string of the molecule is Cc1nnc(-n2nnc3c2C(=O)N(CCC(=O)O)C3=O)s1. The Hall–Kier alpha value is -2.69. The summed E-state index contributed by atoms with van der Waals surface area (Å²) < 4.78 is 1.15. The van der Waals surface area contributed by atoms with Crippen molar-refractivity contribution in [2.45, 2.75) is 13.3 Å². The summed E-state index contributed by atoms with van der Waals surface area (Å²) in [6, 6.07) is 0. The lowest BCUT2D eigenvalue weighted by atomic mass is 10.4. The normalized spacial score (nSPS) is 13.9. The number of aliphatic carboxylic acids is 1. The minimum atomic E-state index is -1.10. The smallest absolute Gasteiger partial charge is 0.305 e. The molecule has 108 valence electrons. The summed E-state index contributed by atoms with van der Waals surface area (Å²) in [5.41, 5.74) is -0.111. The van der Waals surface area contributed by atoms with Crippen LogP contribution in [-0.4, -0.2) is 59.5 Å². The Morgan fingerprint density at radius 3 is 2.62 bits per heavy atom. The molecule has 0 unspecified atom stereocenters. The number of aromatic nitrogens is 5. The van der Waals surface area contributed by atoms with E-state index in [0.717, 1.165) is 9.58 Å². The lowest BCUT2D eigenvalue weighted by molar-refractivity contribution is -0.137. The molecule has 1 aliphatic rings. The molecule has 11 heteroatoms. The zero-order chi connectivity index (χ0) is 15.1. The van der Waals surface area contributed by atoms with Crippen molar-refractivity contribution in [3.8, 4) is 5.13 Å². The Morgan fingerprint density at radius 1 is 1.24 bits per heavy atom. The molecule has 2 aromatic heterocycles. The number of carbonyl (C=O) groups is 3. The zero-order valence-electron chi connectivity index (χ0n) is 10.7. The number of amides is 2. The largest absolute Gasteiger partial charge is 0.481 e. The Labute approximate surface area is 121 Å². The van der Waals surface area contributed by atoms with Crippen molar-refractivity contribution in [1.29, 1.82) is 0 Å². The number of rotatable bonds is 4. The summed E-state index contributed by atoms with van der Waals surface area (Å²) in [7, 11) is 0. The number of hydrogen-bond acceptors (Lipinski definition) is 8. The van der Waals surface area contributed by atoms with Crippen molar-refractivity contribution in [2.75, 3.05) is 6.54 Å². The second-order valence-electron chi connectivity index (χ2n) is 4.21. The highest BCUT2D eigenvalue weighted by Gasteiger charge is 2.42. The predicted octanol–water partition coefficient (Wildman–Crippen LogP) is -0.502. The molecule has 0 radical (unpaired) electrons. The van der Waals surface area contributed by atoms with E-state index in [1.165, 1.54) is 11.3 Å². The van der Waals surface area contributed by atoms with Gasteiger partial charge in [-0.2, -0.15) is 4.68 Å². The summed E-state index contributed by atoms with van der Waals surface area (Å²) in [5, 5.41) is 24.7. The number of nitrogens with zero attached hydrogens (tertiary/aromatic N) is 6. The monoisotopic (exact) mass is 308 g/mol. The number of aryl methyl sites for hydroxylation is 1. The fraction of sp³-hybridized carbons (Fsp3) is 0.300. The lowest BCUT2D eigenvalue weighted by Gasteiger charge is -2.11. The average molecular weight is 308 g/mol. The number of imide groups is 1. The maximum atomic E-state index is 12.2. The molecule has 0 aliphatic carbocycles. The van der Waals surface area contributed by atoms with Gasteiger partial charge in [0.1, 0.15) is 5.01 Å². The Morgan fingerprint density at radius 2 is 2.00 bits per heavy atom. The summed E-state index contributed by atoms with van der Waals surface area (Å²) >= 11 is 1.20. The number of hydrogen-bond donors (Lipinski definition) is 1. The molecule has 3 rings (SSSR count). The van der Waals surface area contributed by atoms with Crippen molar-refractivity contribution in [3.05, 3.63) is 16.4 Å². The van der Waals surface area contributed by atoms with Gasteiger partial charge in [-0.3, -0.25) is 19.3 Å². The van der Waals surface area contributed by atoms with E-state index >= 15 is 0 Å². The maximum absolute atomic E-state index is 12.2.